The van der Waals surface area contributed by atoms with Crippen LogP contribution in [0.4, 0.5) is 0 Å². The minimum Gasteiger partial charge on any atom is -0.481 e. The Morgan fingerprint density at radius 3 is 2.83 bits per heavy atom. The smallest absolute Gasteiger partial charge is 0.335 e. The van der Waals surface area contributed by atoms with E-state index < -0.39 is 11.6 Å². The maximum atomic E-state index is 10.6. The lowest BCUT2D eigenvalue weighted by Gasteiger charge is -1.96. The van der Waals surface area contributed by atoms with Crippen LogP contribution in [0.25, 0.3) is 0 Å². The fourth-order valence-corrected chi connectivity index (χ4v) is 1.05. The maximum Gasteiger partial charge on any atom is 0.335 e. The Morgan fingerprint density at radius 2 is 2.25 bits per heavy atom. The number of hydrogen-bond acceptors (Lipinski definition) is 3. The van der Waals surface area contributed by atoms with E-state index in [-0.39, 0.29) is 12.2 Å². The molecule has 1 aromatic heterocycles. The number of aliphatic carboxylic acids is 1. The number of carbonyl (C=O) groups is 1. The van der Waals surface area contributed by atoms with E-state index in [0.717, 1.165) is 0 Å². The first-order chi connectivity index (χ1) is 5.59. The summed E-state index contributed by atoms with van der Waals surface area (Å²) in [5.74, 6) is -0.903. The SMILES string of the molecule is O=C(O)Cc1oc(=O)ccc1Br. The summed E-state index contributed by atoms with van der Waals surface area (Å²) >= 11 is 3.06. The Morgan fingerprint density at radius 1 is 1.58 bits per heavy atom. The van der Waals surface area contributed by atoms with Gasteiger partial charge < -0.3 is 9.52 Å². The third-order valence-corrected chi connectivity index (χ3v) is 1.87. The highest BCUT2D eigenvalue weighted by molar-refractivity contribution is 9.10. The van der Waals surface area contributed by atoms with E-state index in [1.165, 1.54) is 12.1 Å². The van der Waals surface area contributed by atoms with E-state index in [1.54, 1.807) is 0 Å². The Bertz CT molecular complexity index is 355. The topological polar surface area (TPSA) is 67.5 Å². The first kappa shape index (κ1) is 8.99. The second-order valence-corrected chi connectivity index (χ2v) is 2.95. The van der Waals surface area contributed by atoms with Crippen molar-refractivity contribution in [2.45, 2.75) is 6.42 Å². The number of hydrogen-bond donors (Lipinski definition) is 1. The third kappa shape index (κ3) is 2.20. The Hall–Kier alpha value is -1.10. The van der Waals surface area contributed by atoms with Gasteiger partial charge in [-0.15, -0.1) is 0 Å². The molecule has 0 aliphatic heterocycles. The van der Waals surface area contributed by atoms with E-state index in [4.69, 9.17) is 5.11 Å². The summed E-state index contributed by atoms with van der Waals surface area (Å²) in [6, 6.07) is 2.68. The zero-order valence-electron chi connectivity index (χ0n) is 5.91. The van der Waals surface area contributed by atoms with Gasteiger partial charge in [0, 0.05) is 6.07 Å². The van der Waals surface area contributed by atoms with Crippen molar-refractivity contribution in [3.05, 3.63) is 32.8 Å². The van der Waals surface area contributed by atoms with Gasteiger partial charge in [0.05, 0.1) is 4.47 Å². The molecule has 0 spiro atoms. The van der Waals surface area contributed by atoms with Crippen LogP contribution in [0.3, 0.4) is 0 Å². The van der Waals surface area contributed by atoms with Crippen LogP contribution in [0, 0.1) is 0 Å². The van der Waals surface area contributed by atoms with Crippen LogP contribution in [0.1, 0.15) is 5.76 Å². The van der Waals surface area contributed by atoms with Crippen LogP contribution >= 0.6 is 15.9 Å². The fraction of sp³-hybridized carbons (Fsp3) is 0.143. The van der Waals surface area contributed by atoms with Gasteiger partial charge in [-0.1, -0.05) is 0 Å². The number of rotatable bonds is 2. The molecule has 0 saturated carbocycles. The molecule has 1 aromatic rings. The molecule has 0 atom stereocenters. The molecule has 5 heteroatoms. The zero-order valence-corrected chi connectivity index (χ0v) is 7.50. The standard InChI is InChI=1S/C7H5BrO4/c8-4-1-2-7(11)12-5(4)3-6(9)10/h1-2H,3H2,(H,9,10). The Labute approximate surface area is 76.0 Å². The fourth-order valence-electron chi connectivity index (χ4n) is 0.696. The highest BCUT2D eigenvalue weighted by Gasteiger charge is 2.07. The normalized spacial score (nSPS) is 9.75. The lowest BCUT2D eigenvalue weighted by molar-refractivity contribution is -0.136. The van der Waals surface area contributed by atoms with Gasteiger partial charge >= 0.3 is 11.6 Å². The first-order valence-electron chi connectivity index (χ1n) is 3.10. The van der Waals surface area contributed by atoms with Crippen molar-refractivity contribution in [2.24, 2.45) is 0 Å². The minimum absolute atomic E-state index is 0.134. The summed E-state index contributed by atoms with van der Waals surface area (Å²) in [4.78, 5) is 20.9. The molecule has 12 heavy (non-hydrogen) atoms. The van der Waals surface area contributed by atoms with E-state index in [1.807, 2.05) is 0 Å². The molecular weight excluding hydrogens is 228 g/mol. The van der Waals surface area contributed by atoms with E-state index in [0.29, 0.717) is 4.47 Å². The van der Waals surface area contributed by atoms with Crippen molar-refractivity contribution >= 4 is 21.9 Å². The number of carboxylic acids is 1. The highest BCUT2D eigenvalue weighted by Crippen LogP contribution is 2.14. The van der Waals surface area contributed by atoms with Crippen molar-refractivity contribution in [1.29, 1.82) is 0 Å². The van der Waals surface area contributed by atoms with Crippen molar-refractivity contribution < 1.29 is 14.3 Å². The van der Waals surface area contributed by atoms with Crippen LogP contribution < -0.4 is 5.63 Å². The van der Waals surface area contributed by atoms with Gasteiger partial charge in [-0.3, -0.25) is 4.79 Å². The summed E-state index contributed by atoms with van der Waals surface area (Å²) in [6.45, 7) is 0. The van der Waals surface area contributed by atoms with E-state index in [9.17, 15) is 9.59 Å². The summed E-state index contributed by atoms with van der Waals surface area (Å²) in [5, 5.41) is 8.40. The molecule has 1 rings (SSSR count). The summed E-state index contributed by atoms with van der Waals surface area (Å²) in [5.41, 5.74) is -0.547. The summed E-state index contributed by atoms with van der Waals surface area (Å²) in [7, 11) is 0. The van der Waals surface area contributed by atoms with Gasteiger partial charge in [-0.25, -0.2) is 4.79 Å². The highest BCUT2D eigenvalue weighted by atomic mass is 79.9. The molecule has 64 valence electrons. The molecule has 0 radical (unpaired) electrons. The quantitative estimate of drug-likeness (QED) is 0.828. The summed E-state index contributed by atoms with van der Waals surface area (Å²) in [6.07, 6.45) is -0.295. The number of halogens is 1. The predicted octanol–water partition coefficient (Wildman–Crippen LogP) is 1.03. The maximum absolute atomic E-state index is 10.6. The molecular formula is C7H5BrO4. The average molecular weight is 233 g/mol. The molecule has 0 aromatic carbocycles. The van der Waals surface area contributed by atoms with Crippen molar-refractivity contribution in [2.75, 3.05) is 0 Å². The summed E-state index contributed by atoms with van der Waals surface area (Å²) < 4.78 is 5.13. The third-order valence-electron chi connectivity index (χ3n) is 1.17. The minimum atomic E-state index is -1.04. The zero-order chi connectivity index (χ0) is 9.14. The van der Waals surface area contributed by atoms with Crippen LogP contribution in [0.2, 0.25) is 0 Å². The second-order valence-electron chi connectivity index (χ2n) is 2.10. The van der Waals surface area contributed by atoms with Gasteiger partial charge in [0.15, 0.2) is 0 Å². The molecule has 0 amide bonds. The van der Waals surface area contributed by atoms with Crippen molar-refractivity contribution in [1.82, 2.24) is 0 Å². The van der Waals surface area contributed by atoms with E-state index >= 15 is 0 Å². The van der Waals surface area contributed by atoms with Gasteiger partial charge in [0.2, 0.25) is 0 Å². The lowest BCUT2D eigenvalue weighted by Crippen LogP contribution is -2.05. The largest absolute Gasteiger partial charge is 0.481 e. The number of carboxylic acid groups (broad SMARTS) is 1. The van der Waals surface area contributed by atoms with Gasteiger partial charge in [-0.2, -0.15) is 0 Å². The monoisotopic (exact) mass is 232 g/mol. The molecule has 0 aliphatic rings. The molecule has 0 fully saturated rings. The second kappa shape index (κ2) is 3.53. The van der Waals surface area contributed by atoms with Crippen LogP contribution in [0.5, 0.6) is 0 Å². The molecule has 0 bridgehead atoms. The molecule has 0 unspecified atom stereocenters. The van der Waals surface area contributed by atoms with Crippen molar-refractivity contribution in [3.8, 4) is 0 Å². The predicted molar refractivity (Wildman–Crippen MR) is 44.0 cm³/mol. The lowest BCUT2D eigenvalue weighted by atomic mass is 10.3. The van der Waals surface area contributed by atoms with Crippen LogP contribution in [-0.4, -0.2) is 11.1 Å². The molecule has 0 saturated heterocycles. The Balaban J connectivity index is 3.05. The molecule has 4 nitrogen and oxygen atoms in total. The molecule has 1 N–H and O–H groups in total. The van der Waals surface area contributed by atoms with Crippen LogP contribution in [0.15, 0.2) is 25.8 Å². The Kier molecular flexibility index (Phi) is 2.65. The van der Waals surface area contributed by atoms with Crippen LogP contribution in [-0.2, 0) is 11.2 Å². The van der Waals surface area contributed by atoms with Crippen molar-refractivity contribution in [3.63, 3.8) is 0 Å². The van der Waals surface area contributed by atoms with Gasteiger partial charge in [0.1, 0.15) is 12.2 Å². The first-order valence-corrected chi connectivity index (χ1v) is 3.89. The average Bonchev–Trinajstić information content (AvgIpc) is 1.96. The molecule has 1 heterocycles. The van der Waals surface area contributed by atoms with Gasteiger partial charge in [0.25, 0.3) is 0 Å². The van der Waals surface area contributed by atoms with E-state index in [2.05, 4.69) is 20.3 Å². The van der Waals surface area contributed by atoms with Gasteiger partial charge in [-0.05, 0) is 22.0 Å². The molecule has 0 aliphatic carbocycles.